The van der Waals surface area contributed by atoms with Crippen molar-refractivity contribution < 1.29 is 13.3 Å². The molecule has 2 fully saturated rings. The van der Waals surface area contributed by atoms with Crippen LogP contribution in [0.25, 0.3) is 0 Å². The van der Waals surface area contributed by atoms with Crippen molar-refractivity contribution in [1.82, 2.24) is 9.21 Å². The first-order valence-corrected chi connectivity index (χ1v) is 11.4. The van der Waals surface area contributed by atoms with Gasteiger partial charge in [0.25, 0.3) is 5.69 Å². The molecule has 2 heterocycles. The maximum atomic E-state index is 13.4. The number of nitro groups is 1. The molecule has 1 aromatic rings. The lowest BCUT2D eigenvalue weighted by Gasteiger charge is -2.35. The predicted molar refractivity (Wildman–Crippen MR) is 113 cm³/mol. The molecule has 1 N–H and O–H groups in total. The van der Waals surface area contributed by atoms with Crippen molar-refractivity contribution in [2.45, 2.75) is 50.5 Å². The van der Waals surface area contributed by atoms with Gasteiger partial charge in [-0.15, -0.1) is 0 Å². The normalized spacial score (nSPS) is 24.3. The molecular weight excluding hydrogens is 394 g/mol. The van der Waals surface area contributed by atoms with Gasteiger partial charge in [-0.25, -0.2) is 8.42 Å². The number of piperidine rings is 2. The van der Waals surface area contributed by atoms with E-state index in [-0.39, 0.29) is 22.3 Å². The number of nitrogens with one attached hydrogen (secondary N) is 1. The summed E-state index contributed by atoms with van der Waals surface area (Å²) in [6, 6.07) is 3.72. The Bertz CT molecular complexity index is 892. The number of hydrogen-bond donors (Lipinski definition) is 1. The van der Waals surface area contributed by atoms with Crippen molar-refractivity contribution in [2.75, 3.05) is 32.1 Å². The van der Waals surface area contributed by atoms with E-state index in [1.807, 2.05) is 14.0 Å². The minimum atomic E-state index is -3.89. The van der Waals surface area contributed by atoms with Gasteiger partial charge in [-0.1, -0.05) is 6.92 Å². The molecule has 0 spiro atoms. The predicted octanol–water partition coefficient (Wildman–Crippen LogP) is 2.90. The van der Waals surface area contributed by atoms with Gasteiger partial charge in [0.05, 0.1) is 10.6 Å². The number of sulfonamides is 1. The van der Waals surface area contributed by atoms with Crippen LogP contribution in [0.3, 0.4) is 0 Å². The molecule has 0 bridgehead atoms. The molecule has 0 unspecified atom stereocenters. The third-order valence-electron chi connectivity index (χ3n) is 5.74. The molecule has 0 saturated carbocycles. The lowest BCUT2D eigenvalue weighted by molar-refractivity contribution is -0.385. The van der Waals surface area contributed by atoms with Gasteiger partial charge in [-0.2, -0.15) is 9.41 Å². The van der Waals surface area contributed by atoms with E-state index in [0.717, 1.165) is 50.6 Å². The van der Waals surface area contributed by atoms with E-state index in [2.05, 4.69) is 22.4 Å². The molecule has 29 heavy (non-hydrogen) atoms. The lowest BCUT2D eigenvalue weighted by Crippen LogP contribution is -2.44. The smallest absolute Gasteiger partial charge is 0.270 e. The number of benzene rings is 1. The van der Waals surface area contributed by atoms with Crippen molar-refractivity contribution in [3.05, 3.63) is 28.3 Å². The van der Waals surface area contributed by atoms with Gasteiger partial charge < -0.3 is 4.90 Å². The Morgan fingerprint density at radius 1 is 1.21 bits per heavy atom. The van der Waals surface area contributed by atoms with Gasteiger partial charge in [0, 0.05) is 56.4 Å². The van der Waals surface area contributed by atoms with Crippen LogP contribution in [-0.4, -0.2) is 61.0 Å². The SMILES string of the molecule is C[C@H]1CCN(S(=O)(=O)c2cc([N+](=O)[O-])ccc2NN=C2CCN(C)CC2)[C@H](C)C1. The number of non-ortho nitro benzene ring substituents is 1. The Morgan fingerprint density at radius 3 is 2.52 bits per heavy atom. The molecule has 0 radical (unpaired) electrons. The van der Waals surface area contributed by atoms with Crippen LogP contribution >= 0.6 is 0 Å². The first-order valence-electron chi connectivity index (χ1n) is 9.98. The van der Waals surface area contributed by atoms with Gasteiger partial charge in [0.15, 0.2) is 0 Å². The van der Waals surface area contributed by atoms with E-state index in [0.29, 0.717) is 12.5 Å². The molecule has 9 nitrogen and oxygen atoms in total. The van der Waals surface area contributed by atoms with Crippen molar-refractivity contribution in [3.8, 4) is 0 Å². The standard InChI is InChI=1S/C19H29N5O4S/c1-14-6-11-23(15(2)12-14)29(27,28)19-13-17(24(25)26)4-5-18(19)21-20-16-7-9-22(3)10-8-16/h4-5,13-15,21H,6-12H2,1-3H3/t14-,15+/m0/s1. The highest BCUT2D eigenvalue weighted by molar-refractivity contribution is 7.89. The molecule has 2 saturated heterocycles. The zero-order valence-corrected chi connectivity index (χ0v) is 18.0. The van der Waals surface area contributed by atoms with Crippen molar-refractivity contribution in [2.24, 2.45) is 11.0 Å². The van der Waals surface area contributed by atoms with Crippen LogP contribution in [0.5, 0.6) is 0 Å². The Kier molecular flexibility index (Phi) is 6.55. The zero-order valence-electron chi connectivity index (χ0n) is 17.2. The number of anilines is 1. The number of nitro benzene ring substituents is 1. The minimum absolute atomic E-state index is 0.0922. The summed E-state index contributed by atoms with van der Waals surface area (Å²) in [5.41, 5.74) is 3.86. The van der Waals surface area contributed by atoms with E-state index in [4.69, 9.17) is 0 Å². The van der Waals surface area contributed by atoms with Gasteiger partial charge >= 0.3 is 0 Å². The van der Waals surface area contributed by atoms with E-state index in [1.54, 1.807) is 0 Å². The van der Waals surface area contributed by atoms with Crippen molar-refractivity contribution in [1.29, 1.82) is 0 Å². The second kappa shape index (κ2) is 8.76. The maximum Gasteiger partial charge on any atom is 0.270 e. The van der Waals surface area contributed by atoms with E-state index < -0.39 is 14.9 Å². The molecule has 0 aliphatic carbocycles. The monoisotopic (exact) mass is 423 g/mol. The highest BCUT2D eigenvalue weighted by Crippen LogP contribution is 2.33. The Labute approximate surface area is 172 Å². The summed E-state index contributed by atoms with van der Waals surface area (Å²) in [6.07, 6.45) is 3.16. The van der Waals surface area contributed by atoms with Gasteiger partial charge in [0.1, 0.15) is 4.90 Å². The highest BCUT2D eigenvalue weighted by atomic mass is 32.2. The van der Waals surface area contributed by atoms with Gasteiger partial charge in [0.2, 0.25) is 10.0 Å². The number of rotatable bonds is 5. The van der Waals surface area contributed by atoms with Crippen LogP contribution in [0.1, 0.15) is 39.5 Å². The summed E-state index contributed by atoms with van der Waals surface area (Å²) in [5, 5.41) is 15.7. The Balaban J connectivity index is 1.93. The van der Waals surface area contributed by atoms with E-state index >= 15 is 0 Å². The summed E-state index contributed by atoms with van der Waals surface area (Å²) in [4.78, 5) is 12.8. The first-order chi connectivity index (χ1) is 13.7. The summed E-state index contributed by atoms with van der Waals surface area (Å²) in [5.74, 6) is 0.454. The number of hydrogen-bond acceptors (Lipinski definition) is 7. The molecule has 0 aromatic heterocycles. The molecule has 2 aliphatic rings. The van der Waals surface area contributed by atoms with Gasteiger partial charge in [-0.3, -0.25) is 15.5 Å². The van der Waals surface area contributed by atoms with Gasteiger partial charge in [-0.05, 0) is 38.8 Å². The molecule has 3 rings (SSSR count). The number of hydrazone groups is 1. The average molecular weight is 424 g/mol. The van der Waals surface area contributed by atoms with Crippen molar-refractivity contribution >= 4 is 27.1 Å². The van der Waals surface area contributed by atoms with E-state index in [9.17, 15) is 18.5 Å². The topological polar surface area (TPSA) is 108 Å². The van der Waals surface area contributed by atoms with Crippen LogP contribution in [0, 0.1) is 16.0 Å². The van der Waals surface area contributed by atoms with Crippen LogP contribution in [-0.2, 0) is 10.0 Å². The van der Waals surface area contributed by atoms with E-state index in [1.165, 1.54) is 16.4 Å². The van der Waals surface area contributed by atoms with Crippen LogP contribution < -0.4 is 5.43 Å². The maximum absolute atomic E-state index is 13.4. The quantitative estimate of drug-likeness (QED) is 0.576. The van der Waals surface area contributed by atoms with Crippen molar-refractivity contribution in [3.63, 3.8) is 0 Å². The average Bonchev–Trinajstić information content (AvgIpc) is 2.67. The summed E-state index contributed by atoms with van der Waals surface area (Å²) < 4.78 is 28.3. The fourth-order valence-corrected chi connectivity index (χ4v) is 5.75. The highest BCUT2D eigenvalue weighted by Gasteiger charge is 2.35. The molecule has 2 atom stereocenters. The minimum Gasteiger partial charge on any atom is -0.306 e. The largest absolute Gasteiger partial charge is 0.306 e. The summed E-state index contributed by atoms with van der Waals surface area (Å²) in [7, 11) is -1.85. The Hall–Kier alpha value is -2.04. The third kappa shape index (κ3) is 4.93. The molecule has 10 heteroatoms. The zero-order chi connectivity index (χ0) is 21.2. The Morgan fingerprint density at radius 2 is 1.90 bits per heavy atom. The molecular formula is C19H29N5O4S. The first kappa shape index (κ1) is 21.7. The van der Waals surface area contributed by atoms with Crippen LogP contribution in [0.15, 0.2) is 28.2 Å². The van der Waals surface area contributed by atoms with Crippen LogP contribution in [0.4, 0.5) is 11.4 Å². The lowest BCUT2D eigenvalue weighted by atomic mass is 9.95. The molecule has 0 amide bonds. The third-order valence-corrected chi connectivity index (χ3v) is 7.79. The summed E-state index contributed by atoms with van der Waals surface area (Å²) >= 11 is 0. The molecule has 2 aliphatic heterocycles. The van der Waals surface area contributed by atoms with Crippen LogP contribution in [0.2, 0.25) is 0 Å². The molecule has 1 aromatic carbocycles. The number of nitrogens with zero attached hydrogens (tertiary/aromatic N) is 4. The molecule has 160 valence electrons. The summed E-state index contributed by atoms with van der Waals surface area (Å²) in [6.45, 7) is 6.20. The second-order valence-corrected chi connectivity index (χ2v) is 9.98. The fraction of sp³-hybridized carbons (Fsp3) is 0.632. The fourth-order valence-electron chi connectivity index (χ4n) is 3.93. The second-order valence-electron chi connectivity index (χ2n) is 8.13. The number of likely N-dealkylation sites (tertiary alicyclic amines) is 1.